The van der Waals surface area contributed by atoms with Crippen molar-refractivity contribution in [2.24, 2.45) is 0 Å². The van der Waals surface area contributed by atoms with Gasteiger partial charge in [0.05, 0.1) is 0 Å². The number of nitrogens with one attached hydrogen (secondary N) is 1. The number of hydrogen-bond acceptors (Lipinski definition) is 4. The molecule has 2 aromatic carbocycles. The molecule has 0 radical (unpaired) electrons. The van der Waals surface area contributed by atoms with Gasteiger partial charge < -0.3 is 9.84 Å². The Kier molecular flexibility index (Phi) is 4.70. The summed E-state index contributed by atoms with van der Waals surface area (Å²) in [5.41, 5.74) is 2.19. The number of rotatable bonds is 5. The van der Waals surface area contributed by atoms with Crippen LogP contribution in [-0.2, 0) is 0 Å². The zero-order valence-electron chi connectivity index (χ0n) is 13.7. The standard InChI is InChI=1S/C19H19N3O2/c1-3-13(2)20-18(23)15-10-7-11-16(12-15)19-21-17(22-24-19)14-8-5-4-6-9-14/h4-13H,3H2,1-2H3,(H,20,23)/t13-/m0/s1. The molecular weight excluding hydrogens is 302 g/mol. The van der Waals surface area contributed by atoms with Gasteiger partial charge in [-0.3, -0.25) is 4.79 Å². The molecule has 0 saturated heterocycles. The largest absolute Gasteiger partial charge is 0.350 e. The maximum absolute atomic E-state index is 12.2. The fourth-order valence-corrected chi connectivity index (χ4v) is 2.25. The molecule has 1 heterocycles. The van der Waals surface area contributed by atoms with E-state index < -0.39 is 0 Å². The topological polar surface area (TPSA) is 68.0 Å². The van der Waals surface area contributed by atoms with Crippen molar-refractivity contribution >= 4 is 5.91 Å². The molecule has 0 unspecified atom stereocenters. The van der Waals surface area contributed by atoms with Gasteiger partial charge in [-0.05, 0) is 31.5 Å². The number of amides is 1. The Hall–Kier alpha value is -2.95. The quantitative estimate of drug-likeness (QED) is 0.773. The smallest absolute Gasteiger partial charge is 0.258 e. The monoisotopic (exact) mass is 321 g/mol. The highest BCUT2D eigenvalue weighted by Crippen LogP contribution is 2.22. The van der Waals surface area contributed by atoms with Crippen LogP contribution in [0.15, 0.2) is 59.1 Å². The first-order chi connectivity index (χ1) is 11.7. The molecule has 0 bridgehead atoms. The van der Waals surface area contributed by atoms with E-state index in [1.165, 1.54) is 0 Å². The molecule has 1 amide bonds. The van der Waals surface area contributed by atoms with Crippen LogP contribution >= 0.6 is 0 Å². The minimum Gasteiger partial charge on any atom is -0.350 e. The summed E-state index contributed by atoms with van der Waals surface area (Å²) < 4.78 is 5.35. The fourth-order valence-electron chi connectivity index (χ4n) is 2.25. The Morgan fingerprint density at radius 2 is 1.88 bits per heavy atom. The van der Waals surface area contributed by atoms with Crippen LogP contribution in [-0.4, -0.2) is 22.1 Å². The lowest BCUT2D eigenvalue weighted by molar-refractivity contribution is 0.0939. The zero-order valence-corrected chi connectivity index (χ0v) is 13.7. The van der Waals surface area contributed by atoms with E-state index in [0.717, 1.165) is 17.5 Å². The van der Waals surface area contributed by atoms with Gasteiger partial charge in [0.15, 0.2) is 0 Å². The van der Waals surface area contributed by atoms with Crippen molar-refractivity contribution in [3.05, 3.63) is 60.2 Å². The minimum atomic E-state index is -0.103. The van der Waals surface area contributed by atoms with Crippen molar-refractivity contribution in [1.82, 2.24) is 15.5 Å². The predicted molar refractivity (Wildman–Crippen MR) is 92.4 cm³/mol. The maximum Gasteiger partial charge on any atom is 0.258 e. The van der Waals surface area contributed by atoms with Gasteiger partial charge in [-0.25, -0.2) is 0 Å². The molecule has 5 nitrogen and oxygen atoms in total. The summed E-state index contributed by atoms with van der Waals surface area (Å²) >= 11 is 0. The number of nitrogens with zero attached hydrogens (tertiary/aromatic N) is 2. The molecule has 1 aromatic heterocycles. The molecule has 0 aliphatic carbocycles. The zero-order chi connectivity index (χ0) is 16.9. The predicted octanol–water partition coefficient (Wildman–Crippen LogP) is 3.93. The van der Waals surface area contributed by atoms with Crippen LogP contribution in [0.1, 0.15) is 30.6 Å². The Balaban J connectivity index is 1.84. The van der Waals surface area contributed by atoms with Gasteiger partial charge >= 0.3 is 0 Å². The van der Waals surface area contributed by atoms with Crippen molar-refractivity contribution in [1.29, 1.82) is 0 Å². The van der Waals surface area contributed by atoms with Gasteiger partial charge in [0.25, 0.3) is 11.8 Å². The van der Waals surface area contributed by atoms with Crippen molar-refractivity contribution in [3.8, 4) is 22.8 Å². The summed E-state index contributed by atoms with van der Waals surface area (Å²) in [5, 5.41) is 6.96. The van der Waals surface area contributed by atoms with Gasteiger partial charge in [0, 0.05) is 22.7 Å². The van der Waals surface area contributed by atoms with Crippen molar-refractivity contribution in [3.63, 3.8) is 0 Å². The third-order valence-electron chi connectivity index (χ3n) is 3.82. The number of aromatic nitrogens is 2. The molecule has 0 aliphatic heterocycles. The van der Waals surface area contributed by atoms with Crippen LogP contribution < -0.4 is 5.32 Å². The van der Waals surface area contributed by atoms with Crippen LogP contribution in [0.5, 0.6) is 0 Å². The third kappa shape index (κ3) is 3.51. The first-order valence-electron chi connectivity index (χ1n) is 7.98. The summed E-state index contributed by atoms with van der Waals surface area (Å²) in [7, 11) is 0. The van der Waals surface area contributed by atoms with E-state index >= 15 is 0 Å². The molecule has 0 spiro atoms. The summed E-state index contributed by atoms with van der Waals surface area (Å²) in [6, 6.07) is 17.0. The Morgan fingerprint density at radius 1 is 1.12 bits per heavy atom. The van der Waals surface area contributed by atoms with E-state index in [4.69, 9.17) is 4.52 Å². The summed E-state index contributed by atoms with van der Waals surface area (Å²) in [4.78, 5) is 16.7. The first-order valence-corrected chi connectivity index (χ1v) is 7.98. The average Bonchev–Trinajstić information content (AvgIpc) is 3.12. The van der Waals surface area contributed by atoms with Gasteiger partial charge in [-0.1, -0.05) is 48.5 Å². The maximum atomic E-state index is 12.2. The molecule has 1 atom stereocenters. The SMILES string of the molecule is CC[C@H](C)NC(=O)c1cccc(-c2nc(-c3ccccc3)no2)c1. The highest BCUT2D eigenvalue weighted by atomic mass is 16.5. The van der Waals surface area contributed by atoms with E-state index in [2.05, 4.69) is 15.5 Å². The number of hydrogen-bond donors (Lipinski definition) is 1. The Morgan fingerprint density at radius 3 is 2.62 bits per heavy atom. The average molecular weight is 321 g/mol. The van der Waals surface area contributed by atoms with Crippen LogP contribution in [0, 0.1) is 0 Å². The van der Waals surface area contributed by atoms with Crippen LogP contribution in [0.2, 0.25) is 0 Å². The molecule has 3 rings (SSSR count). The van der Waals surface area contributed by atoms with Gasteiger partial charge in [-0.15, -0.1) is 0 Å². The number of carbonyl (C=O) groups excluding carboxylic acids is 1. The molecule has 0 fully saturated rings. The van der Waals surface area contributed by atoms with Crippen LogP contribution in [0.4, 0.5) is 0 Å². The molecular formula is C19H19N3O2. The van der Waals surface area contributed by atoms with Gasteiger partial charge in [-0.2, -0.15) is 4.98 Å². The fraction of sp³-hybridized carbons (Fsp3) is 0.211. The van der Waals surface area contributed by atoms with Crippen molar-refractivity contribution in [2.75, 3.05) is 0 Å². The highest BCUT2D eigenvalue weighted by Gasteiger charge is 2.13. The number of carbonyl (C=O) groups is 1. The van der Waals surface area contributed by atoms with E-state index in [1.54, 1.807) is 12.1 Å². The summed E-state index contributed by atoms with van der Waals surface area (Å²) in [6.45, 7) is 4.01. The minimum absolute atomic E-state index is 0.103. The van der Waals surface area contributed by atoms with Crippen LogP contribution in [0.25, 0.3) is 22.8 Å². The second kappa shape index (κ2) is 7.08. The van der Waals surface area contributed by atoms with E-state index in [0.29, 0.717) is 17.3 Å². The lowest BCUT2D eigenvalue weighted by Crippen LogP contribution is -2.31. The second-order valence-corrected chi connectivity index (χ2v) is 5.65. The molecule has 3 aromatic rings. The molecule has 24 heavy (non-hydrogen) atoms. The molecule has 0 saturated carbocycles. The first kappa shape index (κ1) is 15.9. The van der Waals surface area contributed by atoms with Crippen molar-refractivity contribution in [2.45, 2.75) is 26.3 Å². The Bertz CT molecular complexity index is 827. The molecule has 1 N–H and O–H groups in total. The number of benzene rings is 2. The van der Waals surface area contributed by atoms with Gasteiger partial charge in [0.2, 0.25) is 5.82 Å². The second-order valence-electron chi connectivity index (χ2n) is 5.65. The van der Waals surface area contributed by atoms with E-state index in [9.17, 15) is 4.79 Å². The van der Waals surface area contributed by atoms with Crippen molar-refractivity contribution < 1.29 is 9.32 Å². The lowest BCUT2D eigenvalue weighted by atomic mass is 10.1. The van der Waals surface area contributed by atoms with E-state index in [-0.39, 0.29) is 11.9 Å². The third-order valence-corrected chi connectivity index (χ3v) is 3.82. The normalized spacial score (nSPS) is 11.9. The van der Waals surface area contributed by atoms with Gasteiger partial charge in [0.1, 0.15) is 0 Å². The highest BCUT2D eigenvalue weighted by molar-refractivity contribution is 5.95. The molecule has 122 valence electrons. The Labute approximate surface area is 140 Å². The molecule has 0 aliphatic rings. The summed E-state index contributed by atoms with van der Waals surface area (Å²) in [6.07, 6.45) is 0.884. The molecule has 5 heteroatoms. The summed E-state index contributed by atoms with van der Waals surface area (Å²) in [5.74, 6) is 0.820. The van der Waals surface area contributed by atoms with Crippen LogP contribution in [0.3, 0.4) is 0 Å². The lowest BCUT2D eigenvalue weighted by Gasteiger charge is -2.11. The van der Waals surface area contributed by atoms with E-state index in [1.807, 2.05) is 56.3 Å².